The Labute approximate surface area is 77.1 Å². The summed E-state index contributed by atoms with van der Waals surface area (Å²) < 4.78 is 0. The summed E-state index contributed by atoms with van der Waals surface area (Å²) in [6.07, 6.45) is 6.72. The molecule has 1 radical (unpaired) electrons. The van der Waals surface area contributed by atoms with E-state index < -0.39 is 0 Å². The molecule has 0 aromatic carbocycles. The van der Waals surface area contributed by atoms with Crippen LogP contribution in [0.2, 0.25) is 0 Å². The molecule has 71 valence electrons. The molecule has 1 saturated heterocycles. The molecule has 0 aromatic rings. The number of piperidine rings is 1. The summed E-state index contributed by atoms with van der Waals surface area (Å²) in [4.78, 5) is 2.55. The van der Waals surface area contributed by atoms with Crippen LogP contribution in [0.4, 0.5) is 0 Å². The van der Waals surface area contributed by atoms with Crippen LogP contribution in [0.15, 0.2) is 0 Å². The van der Waals surface area contributed by atoms with Crippen LogP contribution in [0.25, 0.3) is 0 Å². The minimum absolute atomic E-state index is 1.02. The lowest BCUT2D eigenvalue weighted by Crippen LogP contribution is -2.34. The summed E-state index contributed by atoms with van der Waals surface area (Å²) in [5, 5.41) is 0. The maximum atomic E-state index is 3.89. The van der Waals surface area contributed by atoms with Crippen molar-refractivity contribution in [1.29, 1.82) is 0 Å². The summed E-state index contributed by atoms with van der Waals surface area (Å²) in [6.45, 7) is 10.0. The molecule has 0 aliphatic carbocycles. The van der Waals surface area contributed by atoms with E-state index in [0.717, 1.165) is 12.3 Å². The van der Waals surface area contributed by atoms with E-state index in [2.05, 4.69) is 18.7 Å². The van der Waals surface area contributed by atoms with Gasteiger partial charge in [0, 0.05) is 0 Å². The van der Waals surface area contributed by atoms with Crippen LogP contribution in [0.3, 0.4) is 0 Å². The van der Waals surface area contributed by atoms with E-state index in [0.29, 0.717) is 0 Å². The topological polar surface area (TPSA) is 3.24 Å². The fraction of sp³-hybridized carbons (Fsp3) is 0.909. The number of hydrogen-bond donors (Lipinski definition) is 0. The molecule has 0 amide bonds. The van der Waals surface area contributed by atoms with Crippen LogP contribution < -0.4 is 0 Å². The van der Waals surface area contributed by atoms with E-state index >= 15 is 0 Å². The van der Waals surface area contributed by atoms with Crippen molar-refractivity contribution in [2.24, 2.45) is 5.92 Å². The van der Waals surface area contributed by atoms with Crippen molar-refractivity contribution in [3.05, 3.63) is 6.92 Å². The fourth-order valence-electron chi connectivity index (χ4n) is 2.13. The molecule has 0 saturated carbocycles. The summed E-state index contributed by atoms with van der Waals surface area (Å²) in [5.41, 5.74) is 0. The van der Waals surface area contributed by atoms with Gasteiger partial charge in [0.05, 0.1) is 0 Å². The van der Waals surface area contributed by atoms with Crippen molar-refractivity contribution >= 4 is 0 Å². The zero-order valence-electron chi connectivity index (χ0n) is 8.39. The second-order valence-electron chi connectivity index (χ2n) is 3.93. The quantitative estimate of drug-likeness (QED) is 0.624. The van der Waals surface area contributed by atoms with Gasteiger partial charge in [-0.05, 0) is 44.8 Å². The summed E-state index contributed by atoms with van der Waals surface area (Å²) in [7, 11) is 0. The Balaban J connectivity index is 2.11. The molecular weight excluding hydrogens is 146 g/mol. The van der Waals surface area contributed by atoms with Crippen LogP contribution in [-0.2, 0) is 0 Å². The van der Waals surface area contributed by atoms with E-state index in [4.69, 9.17) is 0 Å². The van der Waals surface area contributed by atoms with Crippen LogP contribution in [0, 0.1) is 12.8 Å². The summed E-state index contributed by atoms with van der Waals surface area (Å²) >= 11 is 0. The third-order valence-electron chi connectivity index (χ3n) is 2.88. The molecular formula is C11H22N. The Morgan fingerprint density at radius 3 is 2.50 bits per heavy atom. The fourth-order valence-corrected chi connectivity index (χ4v) is 2.13. The van der Waals surface area contributed by atoms with Gasteiger partial charge in [-0.3, -0.25) is 0 Å². The Bertz CT molecular complexity index is 89.6. The molecule has 0 bridgehead atoms. The number of nitrogens with zero attached hydrogens (tertiary/aromatic N) is 1. The lowest BCUT2D eigenvalue weighted by molar-refractivity contribution is 0.181. The molecule has 0 aromatic heterocycles. The van der Waals surface area contributed by atoms with Crippen LogP contribution in [-0.4, -0.2) is 24.5 Å². The number of hydrogen-bond acceptors (Lipinski definition) is 1. The Morgan fingerprint density at radius 1 is 1.33 bits per heavy atom. The lowest BCUT2D eigenvalue weighted by Gasteiger charge is -2.31. The number of likely N-dealkylation sites (tertiary alicyclic amines) is 1. The van der Waals surface area contributed by atoms with Gasteiger partial charge in [0.1, 0.15) is 0 Å². The van der Waals surface area contributed by atoms with Gasteiger partial charge in [0.2, 0.25) is 0 Å². The lowest BCUT2D eigenvalue weighted by atomic mass is 9.92. The molecule has 1 heterocycles. The smallest absolute Gasteiger partial charge is 0.00161 e. The molecule has 0 N–H and O–H groups in total. The standard InChI is InChI=1S/C11H22N/c1-3-5-11-6-9-12(8-4-2)10-7-11/h11H,2-10H2,1H3. The predicted octanol–water partition coefficient (Wildman–Crippen LogP) is 2.72. The first kappa shape index (κ1) is 10.0. The van der Waals surface area contributed by atoms with Gasteiger partial charge in [-0.25, -0.2) is 0 Å². The normalized spacial score (nSPS) is 21.5. The molecule has 1 rings (SSSR count). The maximum absolute atomic E-state index is 3.89. The first-order valence-corrected chi connectivity index (χ1v) is 5.38. The SMILES string of the molecule is [CH2]CCN1CCC(CCC)CC1. The highest BCUT2D eigenvalue weighted by atomic mass is 15.1. The van der Waals surface area contributed by atoms with Gasteiger partial charge in [0.25, 0.3) is 0 Å². The first-order chi connectivity index (χ1) is 5.86. The highest BCUT2D eigenvalue weighted by Gasteiger charge is 2.16. The van der Waals surface area contributed by atoms with E-state index in [1.165, 1.54) is 45.3 Å². The molecule has 1 heteroatoms. The third-order valence-corrected chi connectivity index (χ3v) is 2.88. The van der Waals surface area contributed by atoms with E-state index in [1.54, 1.807) is 0 Å². The van der Waals surface area contributed by atoms with E-state index in [-0.39, 0.29) is 0 Å². The molecule has 0 unspecified atom stereocenters. The molecule has 0 atom stereocenters. The minimum Gasteiger partial charge on any atom is -0.303 e. The molecule has 1 nitrogen and oxygen atoms in total. The highest BCUT2D eigenvalue weighted by molar-refractivity contribution is 4.71. The van der Waals surface area contributed by atoms with Gasteiger partial charge in [0.15, 0.2) is 0 Å². The van der Waals surface area contributed by atoms with Gasteiger partial charge in [-0.1, -0.05) is 26.7 Å². The van der Waals surface area contributed by atoms with Crippen molar-refractivity contribution in [3.63, 3.8) is 0 Å². The Morgan fingerprint density at radius 2 is 2.00 bits per heavy atom. The minimum atomic E-state index is 1.02. The number of rotatable bonds is 4. The van der Waals surface area contributed by atoms with Crippen LogP contribution in [0.5, 0.6) is 0 Å². The molecule has 12 heavy (non-hydrogen) atoms. The zero-order chi connectivity index (χ0) is 8.81. The third kappa shape index (κ3) is 3.14. The van der Waals surface area contributed by atoms with Gasteiger partial charge >= 0.3 is 0 Å². The van der Waals surface area contributed by atoms with Crippen molar-refractivity contribution in [2.75, 3.05) is 19.6 Å². The van der Waals surface area contributed by atoms with Crippen molar-refractivity contribution in [2.45, 2.75) is 39.0 Å². The molecule has 1 aliphatic rings. The van der Waals surface area contributed by atoms with Crippen molar-refractivity contribution in [3.8, 4) is 0 Å². The van der Waals surface area contributed by atoms with Gasteiger partial charge < -0.3 is 4.90 Å². The maximum Gasteiger partial charge on any atom is -0.00161 e. The molecule has 1 aliphatic heterocycles. The second kappa shape index (κ2) is 5.58. The van der Waals surface area contributed by atoms with Crippen LogP contribution in [0.1, 0.15) is 39.0 Å². The largest absolute Gasteiger partial charge is 0.303 e. The Kier molecular flexibility index (Phi) is 4.67. The average molecular weight is 168 g/mol. The van der Waals surface area contributed by atoms with Crippen LogP contribution >= 0.6 is 0 Å². The monoisotopic (exact) mass is 168 g/mol. The predicted molar refractivity (Wildman–Crippen MR) is 54.0 cm³/mol. The van der Waals surface area contributed by atoms with Gasteiger partial charge in [-0.15, -0.1) is 0 Å². The average Bonchev–Trinajstić information content (AvgIpc) is 2.09. The second-order valence-corrected chi connectivity index (χ2v) is 3.93. The van der Waals surface area contributed by atoms with E-state index in [9.17, 15) is 0 Å². The highest BCUT2D eigenvalue weighted by Crippen LogP contribution is 2.21. The van der Waals surface area contributed by atoms with Gasteiger partial charge in [-0.2, -0.15) is 0 Å². The van der Waals surface area contributed by atoms with Crippen molar-refractivity contribution in [1.82, 2.24) is 4.90 Å². The zero-order valence-corrected chi connectivity index (χ0v) is 8.39. The summed E-state index contributed by atoms with van der Waals surface area (Å²) in [5.74, 6) is 1.02. The summed E-state index contributed by atoms with van der Waals surface area (Å²) in [6, 6.07) is 0. The van der Waals surface area contributed by atoms with E-state index in [1.807, 2.05) is 0 Å². The first-order valence-electron chi connectivity index (χ1n) is 5.38. The Hall–Kier alpha value is -0.0400. The molecule has 0 spiro atoms. The molecule has 1 fully saturated rings. The van der Waals surface area contributed by atoms with Crippen molar-refractivity contribution < 1.29 is 0 Å².